The van der Waals surface area contributed by atoms with E-state index in [-0.39, 0.29) is 16.7 Å². The van der Waals surface area contributed by atoms with Crippen LogP contribution in [0.3, 0.4) is 0 Å². The van der Waals surface area contributed by atoms with Crippen LogP contribution in [-0.4, -0.2) is 37.9 Å². The summed E-state index contributed by atoms with van der Waals surface area (Å²) in [5, 5.41) is 4.38. The molecule has 132 valence electrons. The van der Waals surface area contributed by atoms with E-state index in [2.05, 4.69) is 10.5 Å². The van der Waals surface area contributed by atoms with Crippen LogP contribution < -0.4 is 5.43 Å². The molecule has 0 bridgehead atoms. The zero-order valence-electron chi connectivity index (χ0n) is 13.6. The highest BCUT2D eigenvalue weighted by Gasteiger charge is 2.31. The number of nitrogens with one attached hydrogen (secondary N) is 1. The van der Waals surface area contributed by atoms with Gasteiger partial charge in [-0.2, -0.15) is 9.41 Å². The number of hydrogen-bond donors (Lipinski definition) is 1. The van der Waals surface area contributed by atoms with Crippen LogP contribution in [0.15, 0.2) is 34.3 Å². The summed E-state index contributed by atoms with van der Waals surface area (Å²) in [5.41, 5.74) is 2.53. The normalized spacial score (nSPS) is 17.2. The molecule has 1 aliphatic rings. The van der Waals surface area contributed by atoms with Crippen molar-refractivity contribution in [1.82, 2.24) is 9.73 Å². The molecule has 1 N–H and O–H groups in total. The molecule has 1 heterocycles. The van der Waals surface area contributed by atoms with E-state index in [4.69, 9.17) is 11.6 Å². The Morgan fingerprint density at radius 2 is 1.96 bits per heavy atom. The van der Waals surface area contributed by atoms with Crippen molar-refractivity contribution in [2.24, 2.45) is 11.0 Å². The predicted molar refractivity (Wildman–Crippen MR) is 94.5 cm³/mol. The number of nitrogens with zero attached hydrogens (tertiary/aromatic N) is 2. The summed E-state index contributed by atoms with van der Waals surface area (Å²) in [6, 6.07) is 6.11. The topological polar surface area (TPSA) is 78.8 Å². The third kappa shape index (κ3) is 4.78. The van der Waals surface area contributed by atoms with E-state index in [0.717, 1.165) is 12.8 Å². The van der Waals surface area contributed by atoms with Crippen molar-refractivity contribution >= 4 is 33.7 Å². The molecule has 1 aliphatic heterocycles. The van der Waals surface area contributed by atoms with Gasteiger partial charge in [0.05, 0.1) is 4.90 Å². The van der Waals surface area contributed by atoms with E-state index in [1.54, 1.807) is 18.3 Å². The maximum Gasteiger partial charge on any atom is 0.243 e. The molecule has 1 amide bonds. The van der Waals surface area contributed by atoms with Crippen molar-refractivity contribution in [2.45, 2.75) is 37.5 Å². The van der Waals surface area contributed by atoms with Crippen molar-refractivity contribution in [3.8, 4) is 0 Å². The van der Waals surface area contributed by atoms with E-state index in [0.29, 0.717) is 31.0 Å². The first kappa shape index (κ1) is 18.9. The monoisotopic (exact) mass is 371 g/mol. The summed E-state index contributed by atoms with van der Waals surface area (Å²) in [7, 11) is -3.54. The average Bonchev–Trinajstić information content (AvgIpc) is 2.59. The standard InChI is InChI=1S/C16H22ClN3O3S/c1-2-3-10-18-19-16(21)13-8-11-20(12-9-13)24(22,23)15-6-4-14(17)5-7-15/h4-7,10,13H,2-3,8-9,11-12H2,1H3,(H,19,21)/b18-10+. The van der Waals surface area contributed by atoms with E-state index in [9.17, 15) is 13.2 Å². The van der Waals surface area contributed by atoms with Gasteiger partial charge >= 0.3 is 0 Å². The predicted octanol–water partition coefficient (Wildman–Crippen LogP) is 2.64. The largest absolute Gasteiger partial charge is 0.273 e. The SMILES string of the molecule is CCC/C=N/NC(=O)C1CCN(S(=O)(=O)c2ccc(Cl)cc2)CC1. The molecular weight excluding hydrogens is 350 g/mol. The van der Waals surface area contributed by atoms with Crippen molar-refractivity contribution in [2.75, 3.05) is 13.1 Å². The van der Waals surface area contributed by atoms with E-state index in [1.165, 1.54) is 16.4 Å². The summed E-state index contributed by atoms with van der Waals surface area (Å²) in [6.45, 7) is 2.67. The highest BCUT2D eigenvalue weighted by molar-refractivity contribution is 7.89. The van der Waals surface area contributed by atoms with Gasteiger partial charge in [0.1, 0.15) is 0 Å². The fraction of sp³-hybridized carbons (Fsp3) is 0.500. The summed E-state index contributed by atoms with van der Waals surface area (Å²) < 4.78 is 26.6. The molecule has 8 heteroatoms. The molecule has 0 aliphatic carbocycles. The van der Waals surface area contributed by atoms with Crippen molar-refractivity contribution in [3.63, 3.8) is 0 Å². The molecule has 0 saturated carbocycles. The van der Waals surface area contributed by atoms with Crippen molar-refractivity contribution in [1.29, 1.82) is 0 Å². The van der Waals surface area contributed by atoms with Gasteiger partial charge in [-0.1, -0.05) is 24.9 Å². The van der Waals surface area contributed by atoms with Crippen LogP contribution in [-0.2, 0) is 14.8 Å². The minimum atomic E-state index is -3.54. The van der Waals surface area contributed by atoms with Crippen LogP contribution in [0, 0.1) is 5.92 Å². The smallest absolute Gasteiger partial charge is 0.243 e. The average molecular weight is 372 g/mol. The van der Waals surface area contributed by atoms with E-state index >= 15 is 0 Å². The number of hydrogen-bond acceptors (Lipinski definition) is 4. The number of hydrazone groups is 1. The first-order chi connectivity index (χ1) is 11.4. The van der Waals surface area contributed by atoms with Crippen LogP contribution in [0.1, 0.15) is 32.6 Å². The molecule has 0 atom stereocenters. The minimum absolute atomic E-state index is 0.147. The van der Waals surface area contributed by atoms with Crippen LogP contribution in [0.5, 0.6) is 0 Å². The fourth-order valence-electron chi connectivity index (χ4n) is 2.51. The molecule has 1 aromatic carbocycles. The number of rotatable bonds is 6. The van der Waals surface area contributed by atoms with Gasteiger partial charge in [0.25, 0.3) is 0 Å². The Balaban J connectivity index is 1.92. The molecule has 6 nitrogen and oxygen atoms in total. The molecule has 1 aromatic rings. The maximum atomic E-state index is 12.6. The van der Waals surface area contributed by atoms with E-state index in [1.807, 2.05) is 6.92 Å². The summed E-state index contributed by atoms with van der Waals surface area (Å²) in [5.74, 6) is -0.355. The lowest BCUT2D eigenvalue weighted by molar-refractivity contribution is -0.126. The second kappa shape index (κ2) is 8.60. The number of unbranched alkanes of at least 4 members (excludes halogenated alkanes) is 1. The third-order valence-electron chi connectivity index (χ3n) is 3.96. The van der Waals surface area contributed by atoms with Gasteiger partial charge in [-0.3, -0.25) is 4.79 Å². The highest BCUT2D eigenvalue weighted by atomic mass is 35.5. The molecule has 0 aromatic heterocycles. The second-order valence-corrected chi connectivity index (χ2v) is 8.08. The molecule has 24 heavy (non-hydrogen) atoms. The number of halogens is 1. The molecule has 1 saturated heterocycles. The van der Waals surface area contributed by atoms with Crippen molar-refractivity contribution in [3.05, 3.63) is 29.3 Å². The highest BCUT2D eigenvalue weighted by Crippen LogP contribution is 2.24. The molecule has 1 fully saturated rings. The Kier molecular flexibility index (Phi) is 6.77. The van der Waals surface area contributed by atoms with Gasteiger partial charge in [0, 0.05) is 30.2 Å². The molecule has 0 spiro atoms. The van der Waals surface area contributed by atoms with Crippen LogP contribution in [0.25, 0.3) is 0 Å². The summed E-state index contributed by atoms with van der Waals surface area (Å²) in [6.07, 6.45) is 4.44. The Morgan fingerprint density at radius 3 is 2.54 bits per heavy atom. The number of piperidine rings is 1. The molecule has 0 unspecified atom stereocenters. The first-order valence-corrected chi connectivity index (χ1v) is 9.84. The van der Waals surface area contributed by atoms with Crippen molar-refractivity contribution < 1.29 is 13.2 Å². The van der Waals surface area contributed by atoms with Gasteiger partial charge in [-0.05, 0) is 43.5 Å². The lowest BCUT2D eigenvalue weighted by Gasteiger charge is -2.30. The Bertz CT molecular complexity index is 681. The number of carbonyl (C=O) groups excluding carboxylic acids is 1. The van der Waals surface area contributed by atoms with Gasteiger partial charge in [-0.25, -0.2) is 13.8 Å². The lowest BCUT2D eigenvalue weighted by atomic mass is 9.98. The molecule has 0 radical (unpaired) electrons. The maximum absolute atomic E-state index is 12.6. The van der Waals surface area contributed by atoms with Gasteiger partial charge in [0.15, 0.2) is 0 Å². The quantitative estimate of drug-likeness (QED) is 0.616. The van der Waals surface area contributed by atoms with Gasteiger partial charge in [0.2, 0.25) is 15.9 Å². The fourth-order valence-corrected chi connectivity index (χ4v) is 4.10. The third-order valence-corrected chi connectivity index (χ3v) is 6.12. The van der Waals surface area contributed by atoms with Gasteiger partial charge < -0.3 is 0 Å². The Labute approximate surface area is 147 Å². The second-order valence-electron chi connectivity index (χ2n) is 5.71. The first-order valence-electron chi connectivity index (χ1n) is 8.02. The van der Waals surface area contributed by atoms with Crippen LogP contribution in [0.4, 0.5) is 0 Å². The summed E-state index contributed by atoms with van der Waals surface area (Å²) in [4.78, 5) is 12.2. The van der Waals surface area contributed by atoms with Gasteiger partial charge in [-0.15, -0.1) is 0 Å². The zero-order valence-corrected chi connectivity index (χ0v) is 15.2. The van der Waals surface area contributed by atoms with E-state index < -0.39 is 10.0 Å². The Hall–Kier alpha value is -1.44. The Morgan fingerprint density at radius 1 is 1.33 bits per heavy atom. The minimum Gasteiger partial charge on any atom is -0.273 e. The zero-order chi connectivity index (χ0) is 17.6. The number of benzene rings is 1. The number of sulfonamides is 1. The number of carbonyl (C=O) groups is 1. The number of amides is 1. The molecular formula is C16H22ClN3O3S. The molecule has 2 rings (SSSR count). The summed E-state index contributed by atoms with van der Waals surface area (Å²) >= 11 is 5.80. The lowest BCUT2D eigenvalue weighted by Crippen LogP contribution is -2.42. The van der Waals surface area contributed by atoms with Crippen LogP contribution in [0.2, 0.25) is 5.02 Å². The van der Waals surface area contributed by atoms with Crippen LogP contribution >= 0.6 is 11.6 Å².